The molecule has 0 unspecified atom stereocenters. The minimum Gasteiger partial charge on any atom is -0.598 e. The van der Waals surface area contributed by atoms with Crippen molar-refractivity contribution in [2.75, 3.05) is 0 Å². The van der Waals surface area contributed by atoms with Crippen molar-refractivity contribution in [2.24, 2.45) is 0 Å². The normalized spacial score (nSPS) is 16.1. The topological polar surface area (TPSA) is 69.2 Å². The summed E-state index contributed by atoms with van der Waals surface area (Å²) in [7, 11) is -4.28. The summed E-state index contributed by atoms with van der Waals surface area (Å²) in [5.74, 6) is 0. The van der Waals surface area contributed by atoms with Crippen LogP contribution in [0.4, 0.5) is 4.39 Å². The third-order valence-electron chi connectivity index (χ3n) is 3.65. The number of nitrogens with one attached hydrogen (secondary N) is 1. The minimum absolute atomic E-state index is 0.130. The Hall–Kier alpha value is -1.12. The van der Waals surface area contributed by atoms with E-state index in [4.69, 9.17) is 11.6 Å². The zero-order chi connectivity index (χ0) is 19.5. The molecule has 0 spiro atoms. The van der Waals surface area contributed by atoms with Crippen LogP contribution in [-0.4, -0.2) is 23.2 Å². The largest absolute Gasteiger partial charge is 0.598 e. The third-order valence-corrected chi connectivity index (χ3v) is 7.28. The first kappa shape index (κ1) is 21.2. The van der Waals surface area contributed by atoms with Gasteiger partial charge in [0.1, 0.15) is 10.8 Å². The van der Waals surface area contributed by atoms with Crippen molar-refractivity contribution in [3.05, 3.63) is 65.2 Å². The summed E-state index contributed by atoms with van der Waals surface area (Å²) >= 11 is 4.20. The molecule has 2 aromatic rings. The van der Waals surface area contributed by atoms with Crippen LogP contribution in [0.5, 0.6) is 0 Å². The molecule has 0 aliphatic heterocycles. The molecule has 8 heteroatoms. The van der Waals surface area contributed by atoms with Crippen molar-refractivity contribution >= 4 is 32.8 Å². The van der Waals surface area contributed by atoms with E-state index in [2.05, 4.69) is 4.72 Å². The molecule has 0 aliphatic carbocycles. The summed E-state index contributed by atoms with van der Waals surface area (Å²) in [5, 5.41) is 0.436. The van der Waals surface area contributed by atoms with E-state index in [-0.39, 0.29) is 4.90 Å². The Morgan fingerprint density at radius 2 is 1.62 bits per heavy atom. The molecule has 3 atom stereocenters. The fraction of sp³-hybridized carbons (Fsp3) is 0.333. The fourth-order valence-corrected chi connectivity index (χ4v) is 4.59. The van der Waals surface area contributed by atoms with Crippen molar-refractivity contribution in [1.29, 1.82) is 0 Å². The summed E-state index contributed by atoms with van der Waals surface area (Å²) in [6.45, 7) is 5.15. The maximum Gasteiger partial charge on any atom is 0.228 e. The summed E-state index contributed by atoms with van der Waals surface area (Å²) < 4.78 is 55.1. The van der Waals surface area contributed by atoms with Gasteiger partial charge < -0.3 is 4.55 Å². The molecule has 2 aromatic carbocycles. The molecule has 0 aromatic heterocycles. The predicted molar refractivity (Wildman–Crippen MR) is 104 cm³/mol. The maximum absolute atomic E-state index is 15.2. The van der Waals surface area contributed by atoms with Gasteiger partial charge in [0.05, 0.1) is 4.90 Å². The monoisotopic (exact) mass is 417 g/mol. The average Bonchev–Trinajstić information content (AvgIpc) is 2.59. The van der Waals surface area contributed by atoms with E-state index in [9.17, 15) is 13.0 Å². The first-order valence-corrected chi connectivity index (χ1v) is 11.0. The highest BCUT2D eigenvalue weighted by atomic mass is 35.5. The lowest BCUT2D eigenvalue weighted by Gasteiger charge is -2.29. The number of sulfone groups is 1. The predicted octanol–water partition coefficient (Wildman–Crippen LogP) is 4.20. The molecule has 0 saturated heterocycles. The first-order chi connectivity index (χ1) is 12.0. The molecule has 26 heavy (non-hydrogen) atoms. The molecule has 4 nitrogen and oxygen atoms in total. The van der Waals surface area contributed by atoms with Gasteiger partial charge in [0.2, 0.25) is 15.3 Å². The molecule has 0 aliphatic rings. The lowest BCUT2D eigenvalue weighted by atomic mass is 10.1. The van der Waals surface area contributed by atoms with Crippen LogP contribution in [0.15, 0.2) is 59.5 Å². The number of alkyl halides is 1. The molecule has 0 saturated carbocycles. The van der Waals surface area contributed by atoms with Crippen LogP contribution in [0.25, 0.3) is 0 Å². The summed E-state index contributed by atoms with van der Waals surface area (Å²) in [6, 6.07) is 12.2. The summed E-state index contributed by atoms with van der Waals surface area (Å²) in [6.07, 6.45) is 0. The molecular weight excluding hydrogens is 397 g/mol. The summed E-state index contributed by atoms with van der Waals surface area (Å²) in [4.78, 5) is -0.130. The van der Waals surface area contributed by atoms with Gasteiger partial charge in [-0.05, 0) is 50.6 Å². The van der Waals surface area contributed by atoms with Crippen LogP contribution >= 0.6 is 11.6 Å². The van der Waals surface area contributed by atoms with Gasteiger partial charge in [0.25, 0.3) is 0 Å². The van der Waals surface area contributed by atoms with Gasteiger partial charge in [0.15, 0.2) is 0 Å². The van der Waals surface area contributed by atoms with Crippen LogP contribution < -0.4 is 4.72 Å². The lowest BCUT2D eigenvalue weighted by molar-refractivity contribution is 0.350. The van der Waals surface area contributed by atoms with Gasteiger partial charge >= 0.3 is 0 Å². The van der Waals surface area contributed by atoms with Crippen LogP contribution in [0, 0.1) is 0 Å². The Morgan fingerprint density at radius 3 is 2.12 bits per heavy atom. The van der Waals surface area contributed by atoms with Crippen molar-refractivity contribution in [3.8, 4) is 0 Å². The van der Waals surface area contributed by atoms with E-state index < -0.39 is 37.5 Å². The highest BCUT2D eigenvalue weighted by Gasteiger charge is 2.40. The smallest absolute Gasteiger partial charge is 0.228 e. The highest BCUT2D eigenvalue weighted by molar-refractivity contribution is 7.92. The number of halogens is 2. The maximum atomic E-state index is 15.2. The number of benzene rings is 2. The van der Waals surface area contributed by atoms with Gasteiger partial charge in [-0.2, -0.15) is 0 Å². The Kier molecular flexibility index (Phi) is 6.74. The molecule has 1 N–H and O–H groups in total. The third kappa shape index (κ3) is 4.98. The second-order valence-electron chi connectivity index (χ2n) is 6.74. The van der Waals surface area contributed by atoms with Crippen LogP contribution in [0.2, 0.25) is 5.02 Å². The Balaban J connectivity index is 2.44. The Labute approximate surface area is 162 Å². The van der Waals surface area contributed by atoms with Crippen molar-refractivity contribution < 1.29 is 17.4 Å². The number of hydrogen-bond acceptors (Lipinski definition) is 4. The molecular formula is C18H21ClFNO3S2. The van der Waals surface area contributed by atoms with Crippen molar-refractivity contribution in [1.82, 2.24) is 4.72 Å². The fourth-order valence-electron chi connectivity index (χ4n) is 2.15. The van der Waals surface area contributed by atoms with Gasteiger partial charge in [-0.15, -0.1) is 4.72 Å². The first-order valence-electron chi connectivity index (χ1n) is 7.90. The Morgan fingerprint density at radius 1 is 1.08 bits per heavy atom. The zero-order valence-electron chi connectivity index (χ0n) is 14.6. The molecule has 0 amide bonds. The summed E-state index contributed by atoms with van der Waals surface area (Å²) in [5.41, 5.74) is -1.98. The lowest BCUT2D eigenvalue weighted by Crippen LogP contribution is -2.45. The van der Waals surface area contributed by atoms with E-state index in [0.717, 1.165) is 0 Å². The molecule has 0 heterocycles. The standard InChI is InChI=1S/C18H21ClFNO3S2/c1-18(2,3)25(22)21-16(13-9-11-14(19)12-10-13)17(20)26(23,24)15-7-5-4-6-8-15/h4-12,16-17,21H,1-3H3/t16-,17-,25-/m0/s1. The zero-order valence-corrected chi connectivity index (χ0v) is 17.0. The van der Waals surface area contributed by atoms with Crippen LogP contribution in [-0.2, 0) is 21.2 Å². The molecule has 2 rings (SSSR count). The van der Waals surface area contributed by atoms with E-state index in [1.54, 1.807) is 26.8 Å². The quantitative estimate of drug-likeness (QED) is 0.715. The molecule has 0 fully saturated rings. The minimum atomic E-state index is -4.28. The van der Waals surface area contributed by atoms with E-state index in [0.29, 0.717) is 10.6 Å². The van der Waals surface area contributed by atoms with Gasteiger partial charge in [-0.3, -0.25) is 0 Å². The molecule has 0 radical (unpaired) electrons. The van der Waals surface area contributed by atoms with Gasteiger partial charge in [0, 0.05) is 16.4 Å². The second-order valence-corrected chi connectivity index (χ2v) is 11.2. The van der Waals surface area contributed by atoms with E-state index in [1.807, 2.05) is 0 Å². The SMILES string of the molecule is CC(C)(C)[S@+]([O-])N[C@@H](c1ccc(Cl)cc1)[C@@H](F)S(=O)(=O)c1ccccc1. The van der Waals surface area contributed by atoms with Gasteiger partial charge in [-0.1, -0.05) is 41.9 Å². The van der Waals surface area contributed by atoms with Crippen LogP contribution in [0.1, 0.15) is 32.4 Å². The highest BCUT2D eigenvalue weighted by Crippen LogP contribution is 2.31. The number of hydrogen-bond donors (Lipinski definition) is 1. The van der Waals surface area contributed by atoms with Crippen molar-refractivity contribution in [3.63, 3.8) is 0 Å². The average molecular weight is 418 g/mol. The van der Waals surface area contributed by atoms with Crippen molar-refractivity contribution in [2.45, 2.75) is 42.0 Å². The van der Waals surface area contributed by atoms with Crippen LogP contribution in [0.3, 0.4) is 0 Å². The molecule has 0 bridgehead atoms. The van der Waals surface area contributed by atoms with E-state index >= 15 is 4.39 Å². The molecule has 142 valence electrons. The van der Waals surface area contributed by atoms with Gasteiger partial charge in [-0.25, -0.2) is 12.8 Å². The van der Waals surface area contributed by atoms with E-state index in [1.165, 1.54) is 48.5 Å². The Bertz CT molecular complexity index is 824. The second kappa shape index (κ2) is 8.27. The number of rotatable bonds is 6.